The van der Waals surface area contributed by atoms with Crippen LogP contribution in [0.1, 0.15) is 31.5 Å². The summed E-state index contributed by atoms with van der Waals surface area (Å²) in [4.78, 5) is 16.4. The number of nitrogens with zero attached hydrogens (tertiary/aromatic N) is 1. The third kappa shape index (κ3) is 4.64. The molecule has 0 saturated carbocycles. The van der Waals surface area contributed by atoms with Crippen molar-refractivity contribution in [3.8, 4) is 10.6 Å². The second-order valence-electron chi connectivity index (χ2n) is 5.35. The number of benzene rings is 1. The van der Waals surface area contributed by atoms with E-state index in [0.717, 1.165) is 22.7 Å². The summed E-state index contributed by atoms with van der Waals surface area (Å²) in [7, 11) is 0. The molecule has 0 saturated heterocycles. The molecule has 1 aromatic heterocycles. The summed E-state index contributed by atoms with van der Waals surface area (Å²) in [5, 5.41) is 14.6. The monoisotopic (exact) mass is 318 g/mol. The van der Waals surface area contributed by atoms with E-state index >= 15 is 0 Å². The van der Waals surface area contributed by atoms with Gasteiger partial charge in [-0.2, -0.15) is 0 Å². The number of carbonyl (C=O) groups is 1. The maximum atomic E-state index is 11.9. The highest BCUT2D eigenvalue weighted by Gasteiger charge is 2.11. The molecule has 0 fully saturated rings. The predicted octanol–water partition coefficient (Wildman–Crippen LogP) is 2.80. The number of aliphatic hydroxyl groups is 1. The number of carbonyl (C=O) groups excluding carboxylic acids is 1. The first-order valence-corrected chi connectivity index (χ1v) is 8.44. The zero-order valence-electron chi connectivity index (χ0n) is 13.0. The second-order valence-corrected chi connectivity index (χ2v) is 6.21. The van der Waals surface area contributed by atoms with Crippen LogP contribution in [0.5, 0.6) is 0 Å². The van der Waals surface area contributed by atoms with Crippen molar-refractivity contribution in [1.82, 2.24) is 10.3 Å². The lowest BCUT2D eigenvalue weighted by molar-refractivity contribution is -0.121. The minimum absolute atomic E-state index is 0.0165. The molecule has 118 valence electrons. The van der Waals surface area contributed by atoms with Crippen LogP contribution in [0.15, 0.2) is 29.6 Å². The molecule has 1 aromatic carbocycles. The number of aliphatic hydroxyl groups excluding tert-OH is 1. The lowest BCUT2D eigenvalue weighted by Crippen LogP contribution is -2.34. The van der Waals surface area contributed by atoms with Crippen molar-refractivity contribution in [2.45, 2.75) is 39.2 Å². The van der Waals surface area contributed by atoms with Crippen molar-refractivity contribution in [3.63, 3.8) is 0 Å². The summed E-state index contributed by atoms with van der Waals surface area (Å²) in [6, 6.07) is 8.35. The van der Waals surface area contributed by atoms with Gasteiger partial charge in [0.05, 0.1) is 12.1 Å². The fourth-order valence-corrected chi connectivity index (χ4v) is 2.99. The van der Waals surface area contributed by atoms with Crippen LogP contribution in [0.3, 0.4) is 0 Å². The molecular formula is C17H22N2O2S. The average molecular weight is 318 g/mol. The SMILES string of the molecule is CCc1ccc(-c2nc(CC(=O)NC(C)CCO)cs2)cc1. The Morgan fingerprint density at radius 3 is 2.73 bits per heavy atom. The molecule has 5 heteroatoms. The summed E-state index contributed by atoms with van der Waals surface area (Å²) in [5.74, 6) is -0.0564. The van der Waals surface area contributed by atoms with E-state index in [2.05, 4.69) is 41.5 Å². The van der Waals surface area contributed by atoms with E-state index in [9.17, 15) is 4.79 Å². The van der Waals surface area contributed by atoms with Crippen LogP contribution in [0.4, 0.5) is 0 Å². The zero-order valence-corrected chi connectivity index (χ0v) is 13.8. The summed E-state index contributed by atoms with van der Waals surface area (Å²) in [5.41, 5.74) is 3.17. The number of amides is 1. The lowest BCUT2D eigenvalue weighted by Gasteiger charge is -2.11. The van der Waals surface area contributed by atoms with Crippen molar-refractivity contribution in [3.05, 3.63) is 40.9 Å². The van der Waals surface area contributed by atoms with Gasteiger partial charge >= 0.3 is 0 Å². The number of hydrogen-bond acceptors (Lipinski definition) is 4. The molecule has 4 nitrogen and oxygen atoms in total. The van der Waals surface area contributed by atoms with E-state index in [1.54, 1.807) is 11.3 Å². The molecule has 2 rings (SSSR count). The molecule has 0 aliphatic rings. The van der Waals surface area contributed by atoms with Gasteiger partial charge in [-0.3, -0.25) is 4.79 Å². The van der Waals surface area contributed by atoms with Crippen molar-refractivity contribution in [1.29, 1.82) is 0 Å². The first kappa shape index (κ1) is 16.6. The maximum Gasteiger partial charge on any atom is 0.226 e. The Morgan fingerprint density at radius 2 is 2.09 bits per heavy atom. The van der Waals surface area contributed by atoms with Crippen molar-refractivity contribution >= 4 is 17.2 Å². The van der Waals surface area contributed by atoms with E-state index in [0.29, 0.717) is 6.42 Å². The lowest BCUT2D eigenvalue weighted by atomic mass is 10.1. The first-order chi connectivity index (χ1) is 10.6. The van der Waals surface area contributed by atoms with Gasteiger partial charge in [-0.1, -0.05) is 31.2 Å². The number of hydrogen-bond donors (Lipinski definition) is 2. The normalized spacial score (nSPS) is 12.1. The van der Waals surface area contributed by atoms with Gasteiger partial charge in [0.2, 0.25) is 5.91 Å². The summed E-state index contributed by atoms with van der Waals surface area (Å²) in [6.07, 6.45) is 1.87. The minimum Gasteiger partial charge on any atom is -0.396 e. The maximum absolute atomic E-state index is 11.9. The van der Waals surface area contributed by atoms with E-state index in [4.69, 9.17) is 5.11 Å². The molecular weight excluding hydrogens is 296 g/mol. The van der Waals surface area contributed by atoms with Gasteiger partial charge in [0.1, 0.15) is 5.01 Å². The van der Waals surface area contributed by atoms with Crippen molar-refractivity contribution in [2.75, 3.05) is 6.61 Å². The Morgan fingerprint density at radius 1 is 1.36 bits per heavy atom. The van der Waals surface area contributed by atoms with Crippen LogP contribution < -0.4 is 5.32 Å². The van der Waals surface area contributed by atoms with Gasteiger partial charge < -0.3 is 10.4 Å². The molecule has 2 N–H and O–H groups in total. The Balaban J connectivity index is 1.97. The van der Waals surface area contributed by atoms with E-state index in [1.165, 1.54) is 5.56 Å². The Kier molecular flexibility index (Phi) is 6.10. The molecule has 2 aromatic rings. The van der Waals surface area contributed by atoms with Crippen LogP contribution in [0.2, 0.25) is 0 Å². The third-order valence-electron chi connectivity index (χ3n) is 3.47. The van der Waals surface area contributed by atoms with Crippen LogP contribution >= 0.6 is 11.3 Å². The van der Waals surface area contributed by atoms with Crippen molar-refractivity contribution in [2.24, 2.45) is 0 Å². The van der Waals surface area contributed by atoms with E-state index < -0.39 is 0 Å². The number of aromatic nitrogens is 1. The quantitative estimate of drug-likeness (QED) is 0.825. The fraction of sp³-hybridized carbons (Fsp3) is 0.412. The molecule has 1 atom stereocenters. The molecule has 1 unspecified atom stereocenters. The van der Waals surface area contributed by atoms with Crippen LogP contribution in [-0.2, 0) is 17.6 Å². The molecule has 1 heterocycles. The molecule has 0 radical (unpaired) electrons. The molecule has 22 heavy (non-hydrogen) atoms. The summed E-state index contributed by atoms with van der Waals surface area (Å²) >= 11 is 1.56. The highest BCUT2D eigenvalue weighted by molar-refractivity contribution is 7.13. The highest BCUT2D eigenvalue weighted by atomic mass is 32.1. The smallest absolute Gasteiger partial charge is 0.226 e. The van der Waals surface area contributed by atoms with Crippen molar-refractivity contribution < 1.29 is 9.90 Å². The number of thiazole rings is 1. The number of nitrogens with one attached hydrogen (secondary N) is 1. The largest absolute Gasteiger partial charge is 0.396 e. The standard InChI is InChI=1S/C17H22N2O2S/c1-3-13-4-6-14(7-5-13)17-19-15(11-22-17)10-16(21)18-12(2)8-9-20/h4-7,11-12,20H,3,8-10H2,1-2H3,(H,18,21). The van der Waals surface area contributed by atoms with Gasteiger partial charge in [0, 0.05) is 23.6 Å². The third-order valence-corrected chi connectivity index (χ3v) is 4.41. The molecule has 1 amide bonds. The average Bonchev–Trinajstić information content (AvgIpc) is 2.95. The summed E-state index contributed by atoms with van der Waals surface area (Å²) < 4.78 is 0. The molecule has 0 aliphatic heterocycles. The first-order valence-electron chi connectivity index (χ1n) is 7.56. The van der Waals surface area contributed by atoms with Gasteiger partial charge in [-0.25, -0.2) is 4.98 Å². The predicted molar refractivity (Wildman–Crippen MR) is 89.9 cm³/mol. The van der Waals surface area contributed by atoms with Gasteiger partial charge in [-0.05, 0) is 25.3 Å². The van der Waals surface area contributed by atoms with Gasteiger partial charge in [-0.15, -0.1) is 11.3 Å². The van der Waals surface area contributed by atoms with E-state index in [-0.39, 0.29) is 25.0 Å². The van der Waals surface area contributed by atoms with Gasteiger partial charge in [0.25, 0.3) is 0 Å². The van der Waals surface area contributed by atoms with Crippen LogP contribution in [0, 0.1) is 0 Å². The zero-order chi connectivity index (χ0) is 15.9. The molecule has 0 aliphatic carbocycles. The van der Waals surface area contributed by atoms with Crippen LogP contribution in [0.25, 0.3) is 10.6 Å². The number of aryl methyl sites for hydroxylation is 1. The second kappa shape index (κ2) is 8.06. The van der Waals surface area contributed by atoms with E-state index in [1.807, 2.05) is 12.3 Å². The van der Waals surface area contributed by atoms with Gasteiger partial charge in [0.15, 0.2) is 0 Å². The number of rotatable bonds is 7. The Hall–Kier alpha value is -1.72. The molecule has 0 bridgehead atoms. The Bertz CT molecular complexity index is 607. The van der Waals surface area contributed by atoms with Crippen LogP contribution in [-0.4, -0.2) is 28.6 Å². The fourth-order valence-electron chi connectivity index (χ4n) is 2.16. The topological polar surface area (TPSA) is 62.2 Å². The Labute approximate surface area is 135 Å². The molecule has 0 spiro atoms. The minimum atomic E-state index is -0.0564. The highest BCUT2D eigenvalue weighted by Crippen LogP contribution is 2.24. The summed E-state index contributed by atoms with van der Waals surface area (Å²) in [6.45, 7) is 4.10.